The number of aromatic nitrogens is 2. The lowest BCUT2D eigenvalue weighted by molar-refractivity contribution is -0.143. The van der Waals surface area contributed by atoms with E-state index in [0.717, 1.165) is 22.1 Å². The van der Waals surface area contributed by atoms with Crippen LogP contribution >= 0.6 is 11.3 Å². The lowest BCUT2D eigenvalue weighted by Crippen LogP contribution is -2.38. The molecule has 0 aliphatic carbocycles. The summed E-state index contributed by atoms with van der Waals surface area (Å²) in [5.41, 5.74) is -0.667. The third-order valence-electron chi connectivity index (χ3n) is 3.95. The maximum Gasteiger partial charge on any atom is 0.433 e. The molecule has 0 spiro atoms. The Kier molecular flexibility index (Phi) is 4.37. The third-order valence-corrected chi connectivity index (χ3v) is 5.05. The van der Waals surface area contributed by atoms with Gasteiger partial charge in [0.15, 0.2) is 0 Å². The number of carbonyl (C=O) groups is 1. The molecule has 24 heavy (non-hydrogen) atoms. The van der Waals surface area contributed by atoms with E-state index in [1.54, 1.807) is 17.0 Å². The highest BCUT2D eigenvalue weighted by Gasteiger charge is 2.35. The van der Waals surface area contributed by atoms with Crippen molar-refractivity contribution in [1.29, 1.82) is 0 Å². The average molecular weight is 361 g/mol. The Morgan fingerprint density at radius 1 is 1.29 bits per heavy atom. The van der Waals surface area contributed by atoms with E-state index in [4.69, 9.17) is 0 Å². The van der Waals surface area contributed by atoms with E-state index in [1.807, 2.05) is 0 Å². The Hall–Kier alpha value is -1.90. The van der Waals surface area contributed by atoms with Crippen molar-refractivity contribution < 1.29 is 22.4 Å². The zero-order chi connectivity index (χ0) is 17.5. The Morgan fingerprint density at radius 2 is 1.96 bits per heavy atom. The average Bonchev–Trinajstić information content (AvgIpc) is 3.13. The van der Waals surface area contributed by atoms with Crippen LogP contribution in [0.25, 0.3) is 10.6 Å². The second kappa shape index (κ2) is 6.19. The molecule has 130 valence electrons. The summed E-state index contributed by atoms with van der Waals surface area (Å²) in [5, 5.41) is 3.88. The largest absolute Gasteiger partial charge is 0.433 e. The van der Waals surface area contributed by atoms with Crippen LogP contribution in [0, 0.1) is 0 Å². The maximum atomic E-state index is 13.1. The number of alkyl halides is 4. The van der Waals surface area contributed by atoms with Crippen molar-refractivity contribution >= 4 is 17.2 Å². The van der Waals surface area contributed by atoms with Crippen molar-refractivity contribution in [3.8, 4) is 10.6 Å². The fraction of sp³-hybridized carbons (Fsp3) is 0.467. The summed E-state index contributed by atoms with van der Waals surface area (Å²) in [7, 11) is 1.23. The molecular weight excluding hydrogens is 346 g/mol. The van der Waals surface area contributed by atoms with E-state index in [9.17, 15) is 22.4 Å². The van der Waals surface area contributed by atoms with Crippen LogP contribution in [0.2, 0.25) is 0 Å². The number of thiophene rings is 1. The fourth-order valence-electron chi connectivity index (χ4n) is 2.65. The quantitative estimate of drug-likeness (QED) is 0.765. The summed E-state index contributed by atoms with van der Waals surface area (Å²) >= 11 is 1.09. The smallest absolute Gasteiger partial charge is 0.338 e. The van der Waals surface area contributed by atoms with Crippen molar-refractivity contribution in [3.05, 3.63) is 28.8 Å². The first-order chi connectivity index (χ1) is 11.3. The van der Waals surface area contributed by atoms with Gasteiger partial charge in [0.1, 0.15) is 17.6 Å². The normalized spacial score (nSPS) is 16.6. The number of hydrogen-bond donors (Lipinski definition) is 0. The zero-order valence-corrected chi connectivity index (χ0v) is 13.6. The van der Waals surface area contributed by atoms with Crippen molar-refractivity contribution in [3.63, 3.8) is 0 Å². The van der Waals surface area contributed by atoms with Crippen molar-refractivity contribution in [1.82, 2.24) is 14.7 Å². The molecule has 0 atom stereocenters. The topological polar surface area (TPSA) is 38.1 Å². The summed E-state index contributed by atoms with van der Waals surface area (Å²) in [6.07, 6.45) is -4.72. The van der Waals surface area contributed by atoms with E-state index in [0.29, 0.717) is 35.7 Å². The van der Waals surface area contributed by atoms with Gasteiger partial charge in [-0.15, -0.1) is 11.3 Å². The van der Waals surface area contributed by atoms with Crippen LogP contribution < -0.4 is 0 Å². The SMILES string of the molecule is Cn1nc(-c2ccc(C(=O)N3CCC(F)CC3)s2)cc1C(F)(F)F. The molecule has 2 aromatic heterocycles. The number of amides is 1. The fourth-order valence-corrected chi connectivity index (χ4v) is 3.58. The molecule has 3 rings (SSSR count). The summed E-state index contributed by atoms with van der Waals surface area (Å²) in [6.45, 7) is 0.712. The molecule has 0 radical (unpaired) electrons. The Bertz CT molecular complexity index is 744. The molecule has 3 heterocycles. The van der Waals surface area contributed by atoms with Gasteiger partial charge in [-0.3, -0.25) is 9.48 Å². The minimum atomic E-state index is -4.48. The summed E-state index contributed by atoms with van der Waals surface area (Å²) in [6, 6.07) is 4.13. The number of aryl methyl sites for hydroxylation is 1. The Labute approximate surface area is 139 Å². The van der Waals surface area contributed by atoms with Crippen molar-refractivity contribution in [2.75, 3.05) is 13.1 Å². The molecule has 1 fully saturated rings. The number of likely N-dealkylation sites (tertiary alicyclic amines) is 1. The molecule has 0 aromatic carbocycles. The third kappa shape index (κ3) is 3.31. The number of carbonyl (C=O) groups excluding carboxylic acids is 1. The molecule has 9 heteroatoms. The first kappa shape index (κ1) is 16.9. The molecule has 0 bridgehead atoms. The van der Waals surface area contributed by atoms with Crippen LogP contribution in [0.1, 0.15) is 28.2 Å². The van der Waals surface area contributed by atoms with Crippen LogP contribution in [0.4, 0.5) is 17.6 Å². The number of piperidine rings is 1. The van der Waals surface area contributed by atoms with E-state index in [2.05, 4.69) is 5.10 Å². The molecule has 2 aromatic rings. The lowest BCUT2D eigenvalue weighted by atomic mass is 10.1. The zero-order valence-electron chi connectivity index (χ0n) is 12.8. The Morgan fingerprint density at radius 3 is 2.54 bits per heavy atom. The standard InChI is InChI=1S/C15H15F4N3OS/c1-21-13(15(17,18)19)8-10(20-21)11-2-3-12(24-11)14(23)22-6-4-9(16)5-7-22/h2-3,8-9H,4-7H2,1H3. The predicted molar refractivity (Wildman–Crippen MR) is 81.6 cm³/mol. The molecular formula is C15H15F4N3OS. The van der Waals surface area contributed by atoms with Gasteiger partial charge in [-0.25, -0.2) is 4.39 Å². The van der Waals surface area contributed by atoms with Crippen molar-refractivity contribution in [2.45, 2.75) is 25.2 Å². The summed E-state index contributed by atoms with van der Waals surface area (Å²) in [5.74, 6) is -0.217. The summed E-state index contributed by atoms with van der Waals surface area (Å²) in [4.78, 5) is 14.9. The molecule has 1 aliphatic heterocycles. The monoisotopic (exact) mass is 361 g/mol. The Balaban J connectivity index is 1.80. The first-order valence-electron chi connectivity index (χ1n) is 7.40. The second-order valence-corrected chi connectivity index (χ2v) is 6.75. The van der Waals surface area contributed by atoms with Gasteiger partial charge in [-0.05, 0) is 31.0 Å². The van der Waals surface area contributed by atoms with Gasteiger partial charge in [0, 0.05) is 20.1 Å². The lowest BCUT2D eigenvalue weighted by Gasteiger charge is -2.28. The summed E-state index contributed by atoms with van der Waals surface area (Å²) < 4.78 is 52.4. The molecule has 1 saturated heterocycles. The highest BCUT2D eigenvalue weighted by molar-refractivity contribution is 7.17. The molecule has 1 amide bonds. The number of halogens is 4. The van der Waals surface area contributed by atoms with Gasteiger partial charge in [0.25, 0.3) is 5.91 Å². The number of nitrogens with zero attached hydrogens (tertiary/aromatic N) is 3. The highest BCUT2D eigenvalue weighted by atomic mass is 32.1. The molecule has 0 unspecified atom stereocenters. The van der Waals surface area contributed by atoms with Crippen molar-refractivity contribution in [2.24, 2.45) is 7.05 Å². The van der Waals surface area contributed by atoms with Crippen LogP contribution in [-0.2, 0) is 13.2 Å². The minimum absolute atomic E-state index is 0.177. The van der Waals surface area contributed by atoms with Gasteiger partial charge >= 0.3 is 6.18 Å². The highest BCUT2D eigenvalue weighted by Crippen LogP contribution is 2.34. The van der Waals surface area contributed by atoms with Crippen LogP contribution in [0.5, 0.6) is 0 Å². The maximum absolute atomic E-state index is 13.1. The van der Waals surface area contributed by atoms with Crippen LogP contribution in [0.15, 0.2) is 18.2 Å². The molecule has 0 saturated carbocycles. The van der Waals surface area contributed by atoms with E-state index < -0.39 is 18.0 Å². The van der Waals surface area contributed by atoms with Gasteiger partial charge in [-0.1, -0.05) is 0 Å². The molecule has 4 nitrogen and oxygen atoms in total. The predicted octanol–water partition coefficient (Wildman–Crippen LogP) is 3.74. The van der Waals surface area contributed by atoms with Gasteiger partial charge in [-0.2, -0.15) is 18.3 Å². The van der Waals surface area contributed by atoms with Gasteiger partial charge in [0.05, 0.1) is 9.75 Å². The number of hydrogen-bond acceptors (Lipinski definition) is 3. The molecule has 0 N–H and O–H groups in total. The van der Waals surface area contributed by atoms with E-state index in [1.165, 1.54) is 7.05 Å². The van der Waals surface area contributed by atoms with Gasteiger partial charge in [0.2, 0.25) is 0 Å². The first-order valence-corrected chi connectivity index (χ1v) is 8.22. The molecule has 1 aliphatic rings. The van der Waals surface area contributed by atoms with E-state index >= 15 is 0 Å². The second-order valence-electron chi connectivity index (χ2n) is 5.67. The minimum Gasteiger partial charge on any atom is -0.338 e. The van der Waals surface area contributed by atoms with Crippen LogP contribution in [-0.4, -0.2) is 39.8 Å². The van der Waals surface area contributed by atoms with E-state index in [-0.39, 0.29) is 11.6 Å². The van der Waals surface area contributed by atoms with Gasteiger partial charge < -0.3 is 4.90 Å². The van der Waals surface area contributed by atoms with Crippen LogP contribution in [0.3, 0.4) is 0 Å². The number of rotatable bonds is 2.